The molecular formula is C12H9FN2O3. The Balaban J connectivity index is 2.42. The number of nitrogens with zero attached hydrogens (tertiary/aromatic N) is 2. The first-order chi connectivity index (χ1) is 8.61. The van der Waals surface area contributed by atoms with Gasteiger partial charge in [0, 0.05) is 12.3 Å². The number of rotatable bonds is 4. The van der Waals surface area contributed by atoms with Crippen LogP contribution in [0.25, 0.3) is 0 Å². The minimum absolute atomic E-state index is 0.0785. The van der Waals surface area contributed by atoms with Crippen molar-refractivity contribution in [2.24, 2.45) is 0 Å². The molecule has 0 N–H and O–H groups in total. The van der Waals surface area contributed by atoms with Crippen molar-refractivity contribution in [3.8, 4) is 0 Å². The number of nitro benzene ring substituents is 1. The van der Waals surface area contributed by atoms with Gasteiger partial charge in [0.2, 0.25) is 0 Å². The molecule has 2 aromatic rings. The van der Waals surface area contributed by atoms with Gasteiger partial charge in [0.15, 0.2) is 6.29 Å². The Kier molecular flexibility index (Phi) is 3.18. The quantitative estimate of drug-likeness (QED) is 0.474. The summed E-state index contributed by atoms with van der Waals surface area (Å²) in [6, 6.07) is 6.49. The Morgan fingerprint density at radius 2 is 2.17 bits per heavy atom. The summed E-state index contributed by atoms with van der Waals surface area (Å²) < 4.78 is 14.6. The topological polar surface area (TPSA) is 65.1 Å². The molecule has 0 saturated carbocycles. The molecule has 0 bridgehead atoms. The summed E-state index contributed by atoms with van der Waals surface area (Å²) in [6.45, 7) is 0.0785. The van der Waals surface area contributed by atoms with Gasteiger partial charge < -0.3 is 4.57 Å². The van der Waals surface area contributed by atoms with Crippen molar-refractivity contribution in [2.45, 2.75) is 6.54 Å². The van der Waals surface area contributed by atoms with Gasteiger partial charge in [0.1, 0.15) is 5.82 Å². The minimum atomic E-state index is -0.571. The van der Waals surface area contributed by atoms with Crippen LogP contribution >= 0.6 is 0 Å². The zero-order valence-corrected chi connectivity index (χ0v) is 9.25. The van der Waals surface area contributed by atoms with Crippen LogP contribution in [0.5, 0.6) is 0 Å². The fourth-order valence-electron chi connectivity index (χ4n) is 1.72. The van der Waals surface area contributed by atoms with Gasteiger partial charge in [-0.05, 0) is 24.3 Å². The molecule has 0 unspecified atom stereocenters. The molecule has 0 saturated heterocycles. The van der Waals surface area contributed by atoms with Crippen molar-refractivity contribution >= 4 is 12.0 Å². The molecule has 1 aromatic heterocycles. The van der Waals surface area contributed by atoms with Crippen molar-refractivity contribution in [1.82, 2.24) is 4.57 Å². The Morgan fingerprint density at radius 1 is 1.39 bits per heavy atom. The number of hydrogen-bond donors (Lipinski definition) is 0. The van der Waals surface area contributed by atoms with E-state index in [1.54, 1.807) is 18.3 Å². The number of nitro groups is 1. The lowest BCUT2D eigenvalue weighted by Gasteiger charge is -2.06. The number of aromatic nitrogens is 1. The largest absolute Gasteiger partial charge is 0.341 e. The summed E-state index contributed by atoms with van der Waals surface area (Å²) in [4.78, 5) is 21.0. The van der Waals surface area contributed by atoms with Gasteiger partial charge in [-0.15, -0.1) is 0 Å². The molecule has 0 spiro atoms. The molecule has 2 rings (SSSR count). The van der Waals surface area contributed by atoms with Crippen LogP contribution in [0.2, 0.25) is 0 Å². The summed E-state index contributed by atoms with van der Waals surface area (Å²) in [6.07, 6.45) is 2.25. The highest BCUT2D eigenvalue weighted by Gasteiger charge is 2.15. The Hall–Kier alpha value is -2.50. The van der Waals surface area contributed by atoms with E-state index in [-0.39, 0.29) is 17.8 Å². The molecular weight excluding hydrogens is 239 g/mol. The maximum atomic E-state index is 13.1. The maximum absolute atomic E-state index is 13.1. The lowest BCUT2D eigenvalue weighted by Crippen LogP contribution is -2.05. The van der Waals surface area contributed by atoms with Gasteiger partial charge in [-0.1, -0.05) is 0 Å². The van der Waals surface area contributed by atoms with Gasteiger partial charge in [-0.3, -0.25) is 14.9 Å². The van der Waals surface area contributed by atoms with E-state index in [1.807, 2.05) is 0 Å². The van der Waals surface area contributed by atoms with Crippen molar-refractivity contribution < 1.29 is 14.1 Å². The highest BCUT2D eigenvalue weighted by molar-refractivity contribution is 5.72. The standard InChI is InChI=1S/C12H9FN2O3/c13-10-3-4-12(15(17)18)9(6-10)7-14-5-1-2-11(14)8-16/h1-6,8H,7H2. The molecule has 18 heavy (non-hydrogen) atoms. The van der Waals surface area contributed by atoms with E-state index >= 15 is 0 Å². The predicted molar refractivity (Wildman–Crippen MR) is 62.0 cm³/mol. The minimum Gasteiger partial charge on any atom is -0.341 e. The summed E-state index contributed by atoms with van der Waals surface area (Å²) >= 11 is 0. The molecule has 6 heteroatoms. The third-order valence-electron chi connectivity index (χ3n) is 2.56. The lowest BCUT2D eigenvalue weighted by molar-refractivity contribution is -0.385. The highest BCUT2D eigenvalue weighted by atomic mass is 19.1. The zero-order valence-electron chi connectivity index (χ0n) is 9.25. The summed E-state index contributed by atoms with van der Waals surface area (Å²) in [5.41, 5.74) is 0.440. The number of hydrogen-bond acceptors (Lipinski definition) is 3. The lowest BCUT2D eigenvalue weighted by atomic mass is 10.1. The van der Waals surface area contributed by atoms with Gasteiger partial charge in [-0.2, -0.15) is 0 Å². The van der Waals surface area contributed by atoms with E-state index in [0.29, 0.717) is 12.0 Å². The number of halogens is 1. The van der Waals surface area contributed by atoms with E-state index in [2.05, 4.69) is 0 Å². The molecule has 1 heterocycles. The second-order valence-electron chi connectivity index (χ2n) is 3.71. The van der Waals surface area contributed by atoms with Crippen LogP contribution in [-0.2, 0) is 6.54 Å². The van der Waals surface area contributed by atoms with E-state index in [0.717, 1.165) is 18.2 Å². The van der Waals surface area contributed by atoms with Crippen molar-refractivity contribution in [1.29, 1.82) is 0 Å². The predicted octanol–water partition coefficient (Wildman–Crippen LogP) is 2.40. The molecule has 5 nitrogen and oxygen atoms in total. The first-order valence-corrected chi connectivity index (χ1v) is 5.15. The fourth-order valence-corrected chi connectivity index (χ4v) is 1.72. The van der Waals surface area contributed by atoms with E-state index < -0.39 is 10.7 Å². The van der Waals surface area contributed by atoms with Gasteiger partial charge in [-0.25, -0.2) is 4.39 Å². The second kappa shape index (κ2) is 4.79. The van der Waals surface area contributed by atoms with Crippen LogP contribution in [0.4, 0.5) is 10.1 Å². The van der Waals surface area contributed by atoms with E-state index in [4.69, 9.17) is 0 Å². The molecule has 1 aromatic carbocycles. The van der Waals surface area contributed by atoms with Crippen molar-refractivity contribution in [2.75, 3.05) is 0 Å². The number of aldehydes is 1. The Labute approximate surface area is 102 Å². The molecule has 0 aliphatic rings. The average molecular weight is 248 g/mol. The first-order valence-electron chi connectivity index (χ1n) is 5.15. The van der Waals surface area contributed by atoms with Crippen molar-refractivity contribution in [3.63, 3.8) is 0 Å². The number of benzene rings is 1. The second-order valence-corrected chi connectivity index (χ2v) is 3.71. The monoisotopic (exact) mass is 248 g/mol. The highest BCUT2D eigenvalue weighted by Crippen LogP contribution is 2.21. The summed E-state index contributed by atoms with van der Waals surface area (Å²) in [5, 5.41) is 10.8. The van der Waals surface area contributed by atoms with Crippen LogP contribution in [0.15, 0.2) is 36.5 Å². The molecule has 0 fully saturated rings. The van der Waals surface area contributed by atoms with Crippen LogP contribution in [0.3, 0.4) is 0 Å². The Bertz CT molecular complexity index is 607. The van der Waals surface area contributed by atoms with E-state index in [1.165, 1.54) is 4.57 Å². The molecule has 0 radical (unpaired) electrons. The number of carbonyl (C=O) groups excluding carboxylic acids is 1. The van der Waals surface area contributed by atoms with Gasteiger partial charge >= 0.3 is 0 Å². The van der Waals surface area contributed by atoms with E-state index in [9.17, 15) is 19.3 Å². The molecule has 0 aliphatic heterocycles. The zero-order chi connectivity index (χ0) is 13.1. The molecule has 0 aliphatic carbocycles. The summed E-state index contributed by atoms with van der Waals surface area (Å²) in [5.74, 6) is -0.546. The van der Waals surface area contributed by atoms with Crippen LogP contribution < -0.4 is 0 Å². The third-order valence-corrected chi connectivity index (χ3v) is 2.56. The third kappa shape index (κ3) is 2.27. The smallest absolute Gasteiger partial charge is 0.274 e. The van der Waals surface area contributed by atoms with Crippen LogP contribution in [0.1, 0.15) is 16.1 Å². The molecule has 0 atom stereocenters. The molecule has 92 valence electrons. The molecule has 0 amide bonds. The van der Waals surface area contributed by atoms with Crippen LogP contribution in [0, 0.1) is 15.9 Å². The van der Waals surface area contributed by atoms with Crippen molar-refractivity contribution in [3.05, 3.63) is 63.7 Å². The maximum Gasteiger partial charge on any atom is 0.274 e. The average Bonchev–Trinajstić information content (AvgIpc) is 2.76. The van der Waals surface area contributed by atoms with Gasteiger partial charge in [0.25, 0.3) is 5.69 Å². The Morgan fingerprint density at radius 3 is 2.83 bits per heavy atom. The fraction of sp³-hybridized carbons (Fsp3) is 0.0833. The summed E-state index contributed by atoms with van der Waals surface area (Å²) in [7, 11) is 0. The number of carbonyl (C=O) groups is 1. The first kappa shape index (κ1) is 12.0. The SMILES string of the molecule is O=Cc1cccn1Cc1cc(F)ccc1[N+](=O)[O-]. The normalized spacial score (nSPS) is 10.3. The van der Waals surface area contributed by atoms with Crippen LogP contribution in [-0.4, -0.2) is 15.8 Å². The van der Waals surface area contributed by atoms with Gasteiger partial charge in [0.05, 0.1) is 22.7 Å².